The van der Waals surface area contributed by atoms with Gasteiger partial charge in [0.2, 0.25) is 21.8 Å². The molecule has 4 aliphatic rings. The maximum Gasteiger partial charge on any atom is 0.410 e. The average molecular weight is 737 g/mol. The first kappa shape index (κ1) is 37.1. The smallest absolute Gasteiger partial charge is 0.410 e. The van der Waals surface area contributed by atoms with Crippen molar-refractivity contribution in [3.63, 3.8) is 0 Å². The van der Waals surface area contributed by atoms with E-state index < -0.39 is 74.0 Å². The molecule has 3 N–H and O–H groups in total. The first-order chi connectivity index (χ1) is 24.5. The molecule has 52 heavy (non-hydrogen) atoms. The Morgan fingerprint density at radius 2 is 1.87 bits per heavy atom. The van der Waals surface area contributed by atoms with Crippen molar-refractivity contribution in [2.45, 2.75) is 109 Å². The molecule has 2 aliphatic carbocycles. The Labute approximate surface area is 303 Å². The number of anilines is 1. The molecule has 0 aromatic heterocycles. The predicted octanol–water partition coefficient (Wildman–Crippen LogP) is 3.85. The van der Waals surface area contributed by atoms with Gasteiger partial charge in [0.1, 0.15) is 29.5 Å². The summed E-state index contributed by atoms with van der Waals surface area (Å²) >= 11 is 0. The van der Waals surface area contributed by atoms with Crippen LogP contribution in [0, 0.1) is 35.4 Å². The van der Waals surface area contributed by atoms with Crippen LogP contribution in [-0.2, 0) is 42.2 Å². The number of benzene rings is 2. The summed E-state index contributed by atoms with van der Waals surface area (Å²) in [6, 6.07) is 9.86. The molecule has 278 valence electrons. The van der Waals surface area contributed by atoms with Crippen LogP contribution in [-0.4, -0.2) is 77.6 Å². The lowest BCUT2D eigenvalue weighted by atomic mass is 9.85. The quantitative estimate of drug-likeness (QED) is 0.327. The molecule has 2 heterocycles. The summed E-state index contributed by atoms with van der Waals surface area (Å²) < 4.78 is 47.8. The summed E-state index contributed by atoms with van der Waals surface area (Å²) in [6.45, 7) is 9.21. The molecule has 6 rings (SSSR count). The van der Waals surface area contributed by atoms with Crippen LogP contribution in [0.5, 0.6) is 0 Å². The molecule has 0 unspecified atom stereocenters. The highest BCUT2D eigenvalue weighted by Gasteiger charge is 2.62. The summed E-state index contributed by atoms with van der Waals surface area (Å²) in [5.41, 5.74) is 0.603. The zero-order valence-corrected chi connectivity index (χ0v) is 30.8. The number of amides is 4. The highest BCUT2D eigenvalue weighted by Crippen LogP contribution is 2.47. The molecule has 0 bridgehead atoms. The van der Waals surface area contributed by atoms with E-state index in [1.807, 2.05) is 27.7 Å². The van der Waals surface area contributed by atoms with Crippen LogP contribution in [0.3, 0.4) is 0 Å². The molecule has 15 heteroatoms. The fourth-order valence-corrected chi connectivity index (χ4v) is 8.57. The minimum atomic E-state index is -3.89. The second kappa shape index (κ2) is 13.7. The highest BCUT2D eigenvalue weighted by atomic mass is 32.2. The number of carbonyl (C=O) groups excluding carboxylic acids is 4. The topological polar surface area (TPSA) is 178 Å². The number of ether oxygens (including phenoxy) is 1. The third kappa shape index (κ3) is 7.30. The number of rotatable bonds is 10. The van der Waals surface area contributed by atoms with Crippen LogP contribution in [0.1, 0.15) is 82.1 Å². The lowest BCUT2D eigenvalue weighted by Crippen LogP contribution is -2.58. The van der Waals surface area contributed by atoms with Crippen LogP contribution in [0.2, 0.25) is 0 Å². The molecular formula is C37H45FN6O7S. The first-order valence-corrected chi connectivity index (χ1v) is 19.2. The Morgan fingerprint density at radius 3 is 2.48 bits per heavy atom. The molecular weight excluding hydrogens is 692 g/mol. The number of halogens is 1. The fourth-order valence-electron chi connectivity index (χ4n) is 7.21. The molecule has 13 nitrogen and oxygen atoms in total. The van der Waals surface area contributed by atoms with Gasteiger partial charge in [0.05, 0.1) is 30.0 Å². The standard InChI is InChI=1S/C37H45FN6O7S/c1-6-24-16-37(24,34(47)42-52(49,50)27-12-13-27)41-32(45)30-15-26(51-35(48)43-18-22-8-7-9-29(38)28(22)20-43)19-44(30)33(46)31(36(3,4)5)40-25-11-10-21(2)23(14-25)17-39/h7-11,14,24,26-27,30-31,40H,6,12-13,15-16,18-20H2,1-5H3,(H,41,45)(H,42,47)/t24-,26-,30+,31-,37-/m1/s1. The maximum atomic E-state index is 14.6. The molecule has 2 aromatic rings. The van der Waals surface area contributed by atoms with Crippen molar-refractivity contribution in [3.05, 3.63) is 64.5 Å². The molecule has 2 aromatic carbocycles. The SMILES string of the molecule is CC[C@@H]1C[C@]1(NC(=O)[C@@H]1C[C@@H](OC(=O)N2Cc3cccc(F)c3C2)CN1C(=O)[C@@H](Nc1ccc(C)c(C#N)c1)C(C)(C)C)C(=O)NS(=O)(=O)C1CC1. The predicted molar refractivity (Wildman–Crippen MR) is 188 cm³/mol. The van der Waals surface area contributed by atoms with Gasteiger partial charge < -0.3 is 20.3 Å². The van der Waals surface area contributed by atoms with Gasteiger partial charge in [-0.2, -0.15) is 5.26 Å². The molecule has 0 radical (unpaired) electrons. The van der Waals surface area contributed by atoms with Crippen molar-refractivity contribution in [1.82, 2.24) is 19.8 Å². The number of likely N-dealkylation sites (tertiary alicyclic amines) is 1. The third-order valence-electron chi connectivity index (χ3n) is 10.6. The molecule has 4 amide bonds. The highest BCUT2D eigenvalue weighted by molar-refractivity contribution is 7.91. The van der Waals surface area contributed by atoms with Gasteiger partial charge in [-0.1, -0.05) is 52.3 Å². The molecule has 1 saturated heterocycles. The number of fused-ring (bicyclic) bond motifs is 1. The molecule has 0 spiro atoms. The van der Waals surface area contributed by atoms with E-state index in [2.05, 4.69) is 21.4 Å². The maximum absolute atomic E-state index is 14.6. The van der Waals surface area contributed by atoms with Gasteiger partial charge >= 0.3 is 6.09 Å². The summed E-state index contributed by atoms with van der Waals surface area (Å²) in [5.74, 6) is -2.69. The van der Waals surface area contributed by atoms with Crippen molar-refractivity contribution in [3.8, 4) is 6.07 Å². The Bertz CT molecular complexity index is 1960. The number of carbonyl (C=O) groups is 4. The van der Waals surface area contributed by atoms with E-state index in [1.54, 1.807) is 37.3 Å². The molecule has 3 fully saturated rings. The summed E-state index contributed by atoms with van der Waals surface area (Å²) in [5, 5.41) is 15.0. The second-order valence-corrected chi connectivity index (χ2v) is 17.5. The van der Waals surface area contributed by atoms with Gasteiger partial charge in [0.15, 0.2) is 0 Å². The Kier molecular flexibility index (Phi) is 9.75. The number of sulfonamides is 1. The van der Waals surface area contributed by atoms with Crippen LogP contribution in [0.25, 0.3) is 0 Å². The third-order valence-corrected chi connectivity index (χ3v) is 12.4. The average Bonchev–Trinajstić information content (AvgIpc) is 3.97. The van der Waals surface area contributed by atoms with Crippen molar-refractivity contribution < 1.29 is 36.7 Å². The van der Waals surface area contributed by atoms with E-state index in [4.69, 9.17) is 4.74 Å². The van der Waals surface area contributed by atoms with E-state index >= 15 is 0 Å². The van der Waals surface area contributed by atoms with E-state index in [-0.39, 0.29) is 38.4 Å². The fraction of sp³-hybridized carbons (Fsp3) is 0.541. The van der Waals surface area contributed by atoms with Crippen LogP contribution in [0.4, 0.5) is 14.9 Å². The van der Waals surface area contributed by atoms with E-state index in [0.29, 0.717) is 41.6 Å². The first-order valence-electron chi connectivity index (χ1n) is 17.6. The lowest BCUT2D eigenvalue weighted by Gasteiger charge is -2.36. The van der Waals surface area contributed by atoms with E-state index in [1.165, 1.54) is 15.9 Å². The number of nitrogens with zero attached hydrogens (tertiary/aromatic N) is 3. The Balaban J connectivity index is 1.25. The van der Waals surface area contributed by atoms with Crippen LogP contribution < -0.4 is 15.4 Å². The molecule has 2 saturated carbocycles. The number of aryl methyl sites for hydroxylation is 1. The van der Waals surface area contributed by atoms with Gasteiger partial charge in [-0.05, 0) is 66.8 Å². The normalized spacial score (nSPS) is 24.4. The second-order valence-electron chi connectivity index (χ2n) is 15.5. The minimum absolute atomic E-state index is 0.0111. The number of hydrogen-bond acceptors (Lipinski definition) is 9. The minimum Gasteiger partial charge on any atom is -0.444 e. The van der Waals surface area contributed by atoms with E-state index in [9.17, 15) is 37.2 Å². The summed E-state index contributed by atoms with van der Waals surface area (Å²) in [6.07, 6.45) is -0.0909. The molecule has 2 aliphatic heterocycles. The van der Waals surface area contributed by atoms with Crippen LogP contribution >= 0.6 is 0 Å². The monoisotopic (exact) mass is 736 g/mol. The number of hydrogen-bond donors (Lipinski definition) is 3. The van der Waals surface area contributed by atoms with Crippen molar-refractivity contribution >= 4 is 39.5 Å². The Hall–Kier alpha value is -4.71. The van der Waals surface area contributed by atoms with Gasteiger partial charge in [0.25, 0.3) is 5.91 Å². The zero-order chi connectivity index (χ0) is 37.7. The largest absolute Gasteiger partial charge is 0.444 e. The van der Waals surface area contributed by atoms with Gasteiger partial charge in [-0.25, -0.2) is 17.6 Å². The van der Waals surface area contributed by atoms with Crippen molar-refractivity contribution in [2.75, 3.05) is 11.9 Å². The lowest BCUT2D eigenvalue weighted by molar-refractivity contribution is -0.141. The van der Waals surface area contributed by atoms with Crippen molar-refractivity contribution in [1.29, 1.82) is 5.26 Å². The van der Waals surface area contributed by atoms with Gasteiger partial charge in [-0.15, -0.1) is 0 Å². The zero-order valence-electron chi connectivity index (χ0n) is 30.0. The van der Waals surface area contributed by atoms with Crippen molar-refractivity contribution in [2.24, 2.45) is 11.3 Å². The van der Waals surface area contributed by atoms with Gasteiger partial charge in [0, 0.05) is 24.2 Å². The van der Waals surface area contributed by atoms with Gasteiger partial charge in [-0.3, -0.25) is 24.0 Å². The van der Waals surface area contributed by atoms with E-state index in [0.717, 1.165) is 5.56 Å². The summed E-state index contributed by atoms with van der Waals surface area (Å²) in [7, 11) is -3.89. The van der Waals surface area contributed by atoms with Crippen LogP contribution in [0.15, 0.2) is 36.4 Å². The molecule has 5 atom stereocenters. The number of nitrogens with one attached hydrogen (secondary N) is 3. The number of nitriles is 1. The summed E-state index contributed by atoms with van der Waals surface area (Å²) in [4.78, 5) is 58.4. The Morgan fingerprint density at radius 1 is 1.13 bits per heavy atom.